The molecule has 3 heterocycles. The molecule has 7 nitrogen and oxygen atoms in total. The summed E-state index contributed by atoms with van der Waals surface area (Å²) >= 11 is 7.24. The molecule has 0 aliphatic heterocycles. The number of aromatic nitrogens is 5. The van der Waals surface area contributed by atoms with E-state index in [2.05, 4.69) is 15.1 Å². The summed E-state index contributed by atoms with van der Waals surface area (Å²) in [5, 5.41) is 16.4. The van der Waals surface area contributed by atoms with Gasteiger partial charge in [0.05, 0.1) is 24.4 Å². The topological polar surface area (TPSA) is 85.8 Å². The van der Waals surface area contributed by atoms with Crippen molar-refractivity contribution in [3.05, 3.63) is 100 Å². The number of thiophene rings is 1. The molecule has 2 aromatic carbocycles. The molecule has 35 heavy (non-hydrogen) atoms. The van der Waals surface area contributed by atoms with Gasteiger partial charge in [0.2, 0.25) is 0 Å². The summed E-state index contributed by atoms with van der Waals surface area (Å²) in [5.41, 5.74) is -1.18. The van der Waals surface area contributed by atoms with Gasteiger partial charge < -0.3 is 5.11 Å². The molecule has 0 aliphatic rings. The number of nitrogens with zero attached hydrogens (tertiary/aromatic N) is 5. The molecule has 0 fully saturated rings. The molecule has 0 unspecified atom stereocenters. The van der Waals surface area contributed by atoms with Crippen LogP contribution in [0.3, 0.4) is 0 Å². The fraction of sp³-hybridized carbons (Fsp3) is 0.167. The van der Waals surface area contributed by atoms with Gasteiger partial charge in [0.15, 0.2) is 0 Å². The van der Waals surface area contributed by atoms with Gasteiger partial charge in [-0.3, -0.25) is 9.36 Å². The maximum atomic E-state index is 14.9. The normalized spacial score (nSPS) is 14.2. The third-order valence-electron chi connectivity index (χ3n) is 5.97. The number of benzene rings is 2. The van der Waals surface area contributed by atoms with Crippen LogP contribution in [0.1, 0.15) is 18.5 Å². The van der Waals surface area contributed by atoms with E-state index in [9.17, 15) is 18.7 Å². The number of hydrogen-bond donors (Lipinski definition) is 1. The van der Waals surface area contributed by atoms with E-state index in [1.165, 1.54) is 45.6 Å². The second kappa shape index (κ2) is 8.95. The summed E-state index contributed by atoms with van der Waals surface area (Å²) in [7, 11) is 0. The first-order chi connectivity index (χ1) is 16.8. The number of rotatable bonds is 6. The maximum absolute atomic E-state index is 14.9. The highest BCUT2D eigenvalue weighted by Crippen LogP contribution is 2.37. The summed E-state index contributed by atoms with van der Waals surface area (Å²) in [5.74, 6) is -1.72. The van der Waals surface area contributed by atoms with Gasteiger partial charge >= 0.3 is 0 Å². The zero-order valence-electron chi connectivity index (χ0n) is 18.3. The van der Waals surface area contributed by atoms with Crippen LogP contribution in [0.15, 0.2) is 72.3 Å². The number of halogens is 3. The number of hydrogen-bond acceptors (Lipinski definition) is 6. The number of fused-ring (bicyclic) bond motifs is 1. The molecule has 178 valence electrons. The Kier molecular flexibility index (Phi) is 5.96. The maximum Gasteiger partial charge on any atom is 0.271 e. The average molecular weight is 514 g/mol. The quantitative estimate of drug-likeness (QED) is 0.352. The first-order valence-corrected chi connectivity index (χ1v) is 11.7. The molecule has 5 rings (SSSR count). The van der Waals surface area contributed by atoms with Gasteiger partial charge in [0, 0.05) is 21.5 Å². The predicted octanol–water partition coefficient (Wildman–Crippen LogP) is 4.80. The first-order valence-electron chi connectivity index (χ1n) is 10.5. The van der Waals surface area contributed by atoms with Crippen LogP contribution < -0.4 is 5.56 Å². The smallest absolute Gasteiger partial charge is 0.271 e. The predicted molar refractivity (Wildman–Crippen MR) is 129 cm³/mol. The van der Waals surface area contributed by atoms with Crippen molar-refractivity contribution in [1.29, 1.82) is 0 Å². The Hall–Kier alpha value is -3.47. The van der Waals surface area contributed by atoms with Crippen molar-refractivity contribution in [3.63, 3.8) is 0 Å². The van der Waals surface area contributed by atoms with Gasteiger partial charge in [-0.2, -0.15) is 5.10 Å². The van der Waals surface area contributed by atoms with Crippen molar-refractivity contribution in [2.45, 2.75) is 25.1 Å². The Morgan fingerprint density at radius 2 is 1.91 bits per heavy atom. The van der Waals surface area contributed by atoms with Crippen molar-refractivity contribution in [3.8, 4) is 10.4 Å². The van der Waals surface area contributed by atoms with Gasteiger partial charge in [-0.15, -0.1) is 11.3 Å². The Balaban J connectivity index is 1.62. The molecule has 0 saturated carbocycles. The van der Waals surface area contributed by atoms with Gasteiger partial charge in [-0.05, 0) is 36.8 Å². The minimum absolute atomic E-state index is 0.179. The lowest BCUT2D eigenvalue weighted by Crippen LogP contribution is -2.43. The zero-order chi connectivity index (χ0) is 24.7. The molecule has 0 spiro atoms. The Labute approximate surface area is 206 Å². The molecule has 11 heteroatoms. The van der Waals surface area contributed by atoms with Crippen molar-refractivity contribution in [2.75, 3.05) is 0 Å². The third kappa shape index (κ3) is 4.24. The van der Waals surface area contributed by atoms with Crippen LogP contribution in [0.5, 0.6) is 0 Å². The molecule has 1 N–H and O–H groups in total. The Bertz CT molecular complexity index is 1570. The lowest BCUT2D eigenvalue weighted by atomic mass is 9.86. The van der Waals surface area contributed by atoms with E-state index in [1.807, 2.05) is 12.1 Å². The second-order valence-corrected chi connectivity index (χ2v) is 9.59. The van der Waals surface area contributed by atoms with E-state index < -0.39 is 28.8 Å². The standard InChI is InChI=1S/C24H18ClF2N5O2S/c1-14(24(34,10-31-12-28-11-30-31)18-7-6-17(26)8-19(18)27)32-13-29-20-9-21(35-22(20)23(32)33)15-2-4-16(25)5-3-15/h2-9,11-14,34H,10H2,1H3/t14-,24-/m1/s1. The summed E-state index contributed by atoms with van der Waals surface area (Å²) in [6, 6.07) is 10.9. The first kappa shape index (κ1) is 23.3. The molecule has 3 aromatic heterocycles. The number of aliphatic hydroxyl groups is 1. The van der Waals surface area contributed by atoms with Gasteiger partial charge in [0.25, 0.3) is 5.56 Å². The average Bonchev–Trinajstić information content (AvgIpc) is 3.49. The summed E-state index contributed by atoms with van der Waals surface area (Å²) in [6.45, 7) is 1.34. The van der Waals surface area contributed by atoms with E-state index in [4.69, 9.17) is 11.6 Å². The fourth-order valence-corrected chi connectivity index (χ4v) is 5.21. The molecule has 0 aliphatic carbocycles. The molecule has 5 aromatic rings. The highest BCUT2D eigenvalue weighted by Gasteiger charge is 2.41. The van der Waals surface area contributed by atoms with Crippen LogP contribution in [0.25, 0.3) is 20.7 Å². The zero-order valence-corrected chi connectivity index (χ0v) is 19.8. The monoisotopic (exact) mass is 513 g/mol. The van der Waals surface area contributed by atoms with Crippen molar-refractivity contribution >= 4 is 33.2 Å². The SMILES string of the molecule is C[C@@H](n1cnc2cc(-c3ccc(Cl)cc3)sc2c1=O)[C@](O)(Cn1cncn1)c1ccc(F)cc1F. The highest BCUT2D eigenvalue weighted by molar-refractivity contribution is 7.22. The summed E-state index contributed by atoms with van der Waals surface area (Å²) < 4.78 is 31.4. The van der Waals surface area contributed by atoms with Gasteiger partial charge in [-0.25, -0.2) is 23.4 Å². The minimum Gasteiger partial charge on any atom is -0.381 e. The van der Waals surface area contributed by atoms with Crippen LogP contribution in [0, 0.1) is 11.6 Å². The molecule has 0 amide bonds. The van der Waals surface area contributed by atoms with E-state index >= 15 is 0 Å². The van der Waals surface area contributed by atoms with Crippen LogP contribution in [0.4, 0.5) is 8.78 Å². The summed E-state index contributed by atoms with van der Waals surface area (Å²) in [4.78, 5) is 22.6. The van der Waals surface area contributed by atoms with E-state index in [0.29, 0.717) is 21.3 Å². The molecule has 0 radical (unpaired) electrons. The van der Waals surface area contributed by atoms with Crippen LogP contribution in [-0.2, 0) is 12.1 Å². The van der Waals surface area contributed by atoms with Crippen molar-refractivity contribution in [1.82, 2.24) is 24.3 Å². The lowest BCUT2D eigenvalue weighted by Gasteiger charge is -2.35. The van der Waals surface area contributed by atoms with E-state index in [-0.39, 0.29) is 12.1 Å². The van der Waals surface area contributed by atoms with E-state index in [0.717, 1.165) is 16.5 Å². The molecular weight excluding hydrogens is 496 g/mol. The largest absolute Gasteiger partial charge is 0.381 e. The lowest BCUT2D eigenvalue weighted by molar-refractivity contribution is -0.0343. The highest BCUT2D eigenvalue weighted by atomic mass is 35.5. The second-order valence-electron chi connectivity index (χ2n) is 8.11. The molecule has 2 atom stereocenters. The van der Waals surface area contributed by atoms with Crippen molar-refractivity contribution < 1.29 is 13.9 Å². The van der Waals surface area contributed by atoms with E-state index in [1.54, 1.807) is 25.1 Å². The molecule has 0 bridgehead atoms. The Morgan fingerprint density at radius 3 is 2.60 bits per heavy atom. The Morgan fingerprint density at radius 1 is 1.14 bits per heavy atom. The van der Waals surface area contributed by atoms with Crippen LogP contribution in [-0.4, -0.2) is 29.4 Å². The fourth-order valence-electron chi connectivity index (χ4n) is 4.03. The third-order valence-corrected chi connectivity index (χ3v) is 7.38. The molecule has 0 saturated heterocycles. The van der Waals surface area contributed by atoms with Crippen LogP contribution in [0.2, 0.25) is 5.02 Å². The van der Waals surface area contributed by atoms with Crippen LogP contribution >= 0.6 is 22.9 Å². The minimum atomic E-state index is -1.99. The van der Waals surface area contributed by atoms with Gasteiger partial charge in [-0.1, -0.05) is 29.8 Å². The molecular formula is C24H18ClF2N5O2S. The van der Waals surface area contributed by atoms with Crippen molar-refractivity contribution in [2.24, 2.45) is 0 Å². The summed E-state index contributed by atoms with van der Waals surface area (Å²) in [6.07, 6.45) is 3.96. The van der Waals surface area contributed by atoms with Gasteiger partial charge in [0.1, 0.15) is 34.6 Å².